The normalized spacial score (nSPS) is 10.6. The third kappa shape index (κ3) is 1.95. The topological polar surface area (TPSA) is 56.5 Å². The lowest BCUT2D eigenvalue weighted by atomic mass is 10.1. The molecular formula is C14H11N3O2. The van der Waals surface area contributed by atoms with E-state index in [2.05, 4.69) is 10.1 Å². The summed E-state index contributed by atoms with van der Waals surface area (Å²) in [6.07, 6.45) is 2.25. The second kappa shape index (κ2) is 4.53. The van der Waals surface area contributed by atoms with Crippen molar-refractivity contribution in [3.63, 3.8) is 0 Å². The molecule has 0 saturated heterocycles. The molecule has 0 aliphatic rings. The van der Waals surface area contributed by atoms with Gasteiger partial charge in [0.1, 0.15) is 11.4 Å². The number of carbonyl (C=O) groups is 1. The zero-order valence-corrected chi connectivity index (χ0v) is 10.3. The minimum Gasteiger partial charge on any atom is -0.497 e. The standard InChI is InChI=1S/C14H11N3O2/c1-19-12-4-2-10(3-5-12)13-6-7-14-15-8-11(9-18)17(14)16-13/h2-9H,1H3. The Morgan fingerprint density at radius 2 is 1.95 bits per heavy atom. The van der Waals surface area contributed by atoms with Crippen LogP contribution in [-0.2, 0) is 0 Å². The lowest BCUT2D eigenvalue weighted by Crippen LogP contribution is -1.98. The minimum absolute atomic E-state index is 0.436. The Morgan fingerprint density at radius 1 is 1.16 bits per heavy atom. The molecule has 0 N–H and O–H groups in total. The van der Waals surface area contributed by atoms with E-state index in [9.17, 15) is 4.79 Å². The zero-order valence-electron chi connectivity index (χ0n) is 10.3. The van der Waals surface area contributed by atoms with Crippen LogP contribution in [0.4, 0.5) is 0 Å². The van der Waals surface area contributed by atoms with E-state index in [-0.39, 0.29) is 0 Å². The molecule has 0 aliphatic heterocycles. The molecule has 3 rings (SSSR count). The van der Waals surface area contributed by atoms with Gasteiger partial charge in [0.05, 0.1) is 19.0 Å². The predicted octanol–water partition coefficient (Wildman–Crippen LogP) is 2.22. The van der Waals surface area contributed by atoms with Gasteiger partial charge >= 0.3 is 0 Å². The smallest absolute Gasteiger partial charge is 0.170 e. The summed E-state index contributed by atoms with van der Waals surface area (Å²) in [7, 11) is 1.63. The van der Waals surface area contributed by atoms with Crippen LogP contribution in [0.3, 0.4) is 0 Å². The van der Waals surface area contributed by atoms with Crippen molar-refractivity contribution in [2.75, 3.05) is 7.11 Å². The Bertz CT molecular complexity index is 732. The van der Waals surface area contributed by atoms with Gasteiger partial charge in [-0.05, 0) is 36.4 Å². The molecule has 3 aromatic rings. The van der Waals surface area contributed by atoms with Gasteiger partial charge in [0.15, 0.2) is 11.9 Å². The second-order valence-corrected chi connectivity index (χ2v) is 4.02. The van der Waals surface area contributed by atoms with Gasteiger partial charge in [-0.1, -0.05) is 0 Å². The molecule has 2 aromatic heterocycles. The summed E-state index contributed by atoms with van der Waals surface area (Å²) in [4.78, 5) is 15.0. The van der Waals surface area contributed by atoms with Gasteiger partial charge in [0.25, 0.3) is 0 Å². The fraction of sp³-hybridized carbons (Fsp3) is 0.0714. The van der Waals surface area contributed by atoms with Crippen LogP contribution in [0.15, 0.2) is 42.6 Å². The molecule has 0 spiro atoms. The third-order valence-electron chi connectivity index (χ3n) is 2.90. The average molecular weight is 253 g/mol. The lowest BCUT2D eigenvalue weighted by molar-refractivity contribution is 0.111. The number of rotatable bonds is 3. The molecule has 0 saturated carbocycles. The summed E-state index contributed by atoms with van der Waals surface area (Å²) in [5.41, 5.74) is 2.81. The highest BCUT2D eigenvalue weighted by atomic mass is 16.5. The zero-order chi connectivity index (χ0) is 13.2. The van der Waals surface area contributed by atoms with Crippen molar-refractivity contribution in [1.29, 1.82) is 0 Å². The minimum atomic E-state index is 0.436. The second-order valence-electron chi connectivity index (χ2n) is 4.02. The molecule has 5 heteroatoms. The van der Waals surface area contributed by atoms with Crippen LogP contribution in [0.1, 0.15) is 10.5 Å². The number of ether oxygens (including phenoxy) is 1. The Balaban J connectivity index is 2.10. The van der Waals surface area contributed by atoms with Crippen LogP contribution < -0.4 is 4.74 Å². The van der Waals surface area contributed by atoms with Crippen LogP contribution in [0.5, 0.6) is 5.75 Å². The first-order valence-electron chi connectivity index (χ1n) is 5.76. The molecule has 94 valence electrons. The van der Waals surface area contributed by atoms with E-state index in [1.807, 2.05) is 36.4 Å². The highest BCUT2D eigenvalue weighted by Gasteiger charge is 2.06. The highest BCUT2D eigenvalue weighted by molar-refractivity contribution is 5.74. The highest BCUT2D eigenvalue weighted by Crippen LogP contribution is 2.20. The molecule has 0 unspecified atom stereocenters. The van der Waals surface area contributed by atoms with Gasteiger partial charge in [-0.15, -0.1) is 0 Å². The van der Waals surface area contributed by atoms with E-state index in [4.69, 9.17) is 4.74 Å². The third-order valence-corrected chi connectivity index (χ3v) is 2.90. The maximum atomic E-state index is 10.9. The number of nitrogens with zero attached hydrogens (tertiary/aromatic N) is 3. The lowest BCUT2D eigenvalue weighted by Gasteiger charge is -2.04. The van der Waals surface area contributed by atoms with Crippen molar-refractivity contribution in [2.45, 2.75) is 0 Å². The fourth-order valence-corrected chi connectivity index (χ4v) is 1.89. The molecule has 0 bridgehead atoms. The van der Waals surface area contributed by atoms with E-state index in [0.717, 1.165) is 23.3 Å². The number of carbonyl (C=O) groups excluding carboxylic acids is 1. The Kier molecular flexibility index (Phi) is 2.72. The van der Waals surface area contributed by atoms with E-state index >= 15 is 0 Å². The summed E-state index contributed by atoms with van der Waals surface area (Å²) < 4.78 is 6.65. The van der Waals surface area contributed by atoms with Crippen LogP contribution in [0.25, 0.3) is 16.9 Å². The first kappa shape index (κ1) is 11.4. The predicted molar refractivity (Wildman–Crippen MR) is 70.4 cm³/mol. The molecule has 19 heavy (non-hydrogen) atoms. The number of hydrogen-bond donors (Lipinski definition) is 0. The van der Waals surface area contributed by atoms with Crippen molar-refractivity contribution in [1.82, 2.24) is 14.6 Å². The fourth-order valence-electron chi connectivity index (χ4n) is 1.89. The van der Waals surface area contributed by atoms with E-state index in [0.29, 0.717) is 11.3 Å². The van der Waals surface area contributed by atoms with Crippen LogP contribution in [0.2, 0.25) is 0 Å². The largest absolute Gasteiger partial charge is 0.497 e. The number of methoxy groups -OCH3 is 1. The van der Waals surface area contributed by atoms with Crippen molar-refractivity contribution >= 4 is 11.9 Å². The molecule has 0 aliphatic carbocycles. The van der Waals surface area contributed by atoms with Gasteiger partial charge in [0, 0.05) is 5.56 Å². The van der Waals surface area contributed by atoms with Crippen molar-refractivity contribution < 1.29 is 9.53 Å². The van der Waals surface area contributed by atoms with Crippen molar-refractivity contribution in [3.05, 3.63) is 48.3 Å². The summed E-state index contributed by atoms with van der Waals surface area (Å²) in [6.45, 7) is 0. The maximum absolute atomic E-state index is 10.9. The summed E-state index contributed by atoms with van der Waals surface area (Å²) in [5, 5.41) is 4.41. The monoisotopic (exact) mass is 253 g/mol. The summed E-state index contributed by atoms with van der Waals surface area (Å²) in [6, 6.07) is 11.3. The van der Waals surface area contributed by atoms with E-state index in [1.54, 1.807) is 7.11 Å². The first-order valence-corrected chi connectivity index (χ1v) is 5.76. The Hall–Kier alpha value is -2.69. The van der Waals surface area contributed by atoms with Gasteiger partial charge in [-0.25, -0.2) is 9.50 Å². The van der Waals surface area contributed by atoms with Crippen LogP contribution in [-0.4, -0.2) is 28.0 Å². The quantitative estimate of drug-likeness (QED) is 0.671. The van der Waals surface area contributed by atoms with Gasteiger partial charge in [0.2, 0.25) is 0 Å². The molecule has 5 nitrogen and oxygen atoms in total. The number of aromatic nitrogens is 3. The molecule has 0 atom stereocenters. The molecule has 1 aromatic carbocycles. The SMILES string of the molecule is COc1ccc(-c2ccc3ncc(C=O)n3n2)cc1. The molecule has 2 heterocycles. The Labute approximate surface area is 109 Å². The van der Waals surface area contributed by atoms with Crippen LogP contribution >= 0.6 is 0 Å². The van der Waals surface area contributed by atoms with E-state index < -0.39 is 0 Å². The number of fused-ring (bicyclic) bond motifs is 1. The molecular weight excluding hydrogens is 242 g/mol. The molecule has 0 amide bonds. The average Bonchev–Trinajstić information content (AvgIpc) is 2.89. The van der Waals surface area contributed by atoms with Gasteiger partial charge in [-0.3, -0.25) is 4.79 Å². The molecule has 0 radical (unpaired) electrons. The van der Waals surface area contributed by atoms with E-state index in [1.165, 1.54) is 10.7 Å². The summed E-state index contributed by atoms with van der Waals surface area (Å²) in [5.74, 6) is 0.793. The van der Waals surface area contributed by atoms with Crippen LogP contribution in [0, 0.1) is 0 Å². The summed E-state index contributed by atoms with van der Waals surface area (Å²) >= 11 is 0. The van der Waals surface area contributed by atoms with Gasteiger partial charge in [-0.2, -0.15) is 5.10 Å². The maximum Gasteiger partial charge on any atom is 0.170 e. The van der Waals surface area contributed by atoms with Crippen molar-refractivity contribution in [3.8, 4) is 17.0 Å². The first-order chi connectivity index (χ1) is 9.31. The Morgan fingerprint density at radius 3 is 2.63 bits per heavy atom. The van der Waals surface area contributed by atoms with Gasteiger partial charge < -0.3 is 4.74 Å². The number of imidazole rings is 1. The number of aldehydes is 1. The van der Waals surface area contributed by atoms with Crippen molar-refractivity contribution in [2.24, 2.45) is 0 Å². The number of hydrogen-bond acceptors (Lipinski definition) is 4. The molecule has 0 fully saturated rings. The number of benzene rings is 1.